The SMILES string of the molecule is CCOc1c(C(=O)NCC2CCCN2)cccc1[N+](=O)[O-]. The summed E-state index contributed by atoms with van der Waals surface area (Å²) in [6.45, 7) is 3.45. The lowest BCUT2D eigenvalue weighted by Crippen LogP contribution is -2.37. The Balaban J connectivity index is 2.14. The van der Waals surface area contributed by atoms with Gasteiger partial charge in [-0.25, -0.2) is 0 Å². The molecule has 1 aromatic carbocycles. The van der Waals surface area contributed by atoms with Crippen LogP contribution in [0.2, 0.25) is 0 Å². The third-order valence-corrected chi connectivity index (χ3v) is 3.40. The minimum Gasteiger partial charge on any atom is -0.487 e. The number of ether oxygens (including phenoxy) is 1. The minimum absolute atomic E-state index is 0.0295. The van der Waals surface area contributed by atoms with Crippen LogP contribution < -0.4 is 15.4 Å². The summed E-state index contributed by atoms with van der Waals surface area (Å²) in [6, 6.07) is 4.63. The highest BCUT2D eigenvalue weighted by atomic mass is 16.6. The smallest absolute Gasteiger partial charge is 0.311 e. The zero-order valence-electron chi connectivity index (χ0n) is 11.9. The molecule has 1 unspecified atom stereocenters. The summed E-state index contributed by atoms with van der Waals surface area (Å²) in [7, 11) is 0. The molecule has 21 heavy (non-hydrogen) atoms. The zero-order chi connectivity index (χ0) is 15.2. The van der Waals surface area contributed by atoms with Crippen molar-refractivity contribution in [1.82, 2.24) is 10.6 Å². The van der Waals surface area contributed by atoms with E-state index in [0.717, 1.165) is 19.4 Å². The van der Waals surface area contributed by atoms with E-state index >= 15 is 0 Å². The molecule has 0 radical (unpaired) electrons. The number of carbonyl (C=O) groups excluding carboxylic acids is 1. The first-order valence-corrected chi connectivity index (χ1v) is 7.05. The molecule has 7 nitrogen and oxygen atoms in total. The number of hydrogen-bond donors (Lipinski definition) is 2. The number of carbonyl (C=O) groups is 1. The van der Waals surface area contributed by atoms with Gasteiger partial charge in [0, 0.05) is 18.7 Å². The summed E-state index contributed by atoms with van der Waals surface area (Å²) in [5, 5.41) is 17.1. The van der Waals surface area contributed by atoms with Crippen LogP contribution in [0, 0.1) is 10.1 Å². The van der Waals surface area contributed by atoms with Gasteiger partial charge in [0.05, 0.1) is 17.1 Å². The normalized spacial score (nSPS) is 17.5. The maximum atomic E-state index is 12.2. The number of hydrogen-bond acceptors (Lipinski definition) is 5. The summed E-state index contributed by atoms with van der Waals surface area (Å²) >= 11 is 0. The third-order valence-electron chi connectivity index (χ3n) is 3.40. The highest BCUT2D eigenvalue weighted by Gasteiger charge is 2.23. The first-order valence-electron chi connectivity index (χ1n) is 7.05. The van der Waals surface area contributed by atoms with E-state index < -0.39 is 4.92 Å². The molecule has 1 atom stereocenters. The number of nitro groups is 1. The number of para-hydroxylation sites is 1. The van der Waals surface area contributed by atoms with Crippen molar-refractivity contribution in [2.75, 3.05) is 19.7 Å². The van der Waals surface area contributed by atoms with E-state index in [0.29, 0.717) is 6.54 Å². The highest BCUT2D eigenvalue weighted by molar-refractivity contribution is 5.98. The summed E-state index contributed by atoms with van der Waals surface area (Å²) in [5.74, 6) is -0.322. The van der Waals surface area contributed by atoms with Gasteiger partial charge in [-0.15, -0.1) is 0 Å². The van der Waals surface area contributed by atoms with Crippen molar-refractivity contribution in [3.05, 3.63) is 33.9 Å². The Morgan fingerprint density at radius 2 is 2.38 bits per heavy atom. The fraction of sp³-hybridized carbons (Fsp3) is 0.500. The second-order valence-corrected chi connectivity index (χ2v) is 4.85. The summed E-state index contributed by atoms with van der Waals surface area (Å²) in [4.78, 5) is 22.7. The van der Waals surface area contributed by atoms with Gasteiger partial charge in [-0.05, 0) is 32.4 Å². The molecule has 2 rings (SSSR count). The molecule has 114 valence electrons. The van der Waals surface area contributed by atoms with E-state index in [9.17, 15) is 14.9 Å². The Kier molecular flexibility index (Phi) is 5.10. The van der Waals surface area contributed by atoms with Gasteiger partial charge in [-0.1, -0.05) is 6.07 Å². The Bertz CT molecular complexity index is 527. The van der Waals surface area contributed by atoms with Gasteiger partial charge in [0.2, 0.25) is 5.75 Å². The van der Waals surface area contributed by atoms with Crippen molar-refractivity contribution < 1.29 is 14.5 Å². The van der Waals surface area contributed by atoms with Crippen LogP contribution >= 0.6 is 0 Å². The second-order valence-electron chi connectivity index (χ2n) is 4.85. The molecule has 1 aliphatic heterocycles. The molecule has 1 amide bonds. The van der Waals surface area contributed by atoms with Crippen molar-refractivity contribution in [3.63, 3.8) is 0 Å². The van der Waals surface area contributed by atoms with E-state index in [1.165, 1.54) is 18.2 Å². The van der Waals surface area contributed by atoms with Crippen LogP contribution in [-0.2, 0) is 0 Å². The predicted molar refractivity (Wildman–Crippen MR) is 77.6 cm³/mol. The Hall–Kier alpha value is -2.15. The standard InChI is InChI=1S/C14H19N3O4/c1-2-21-13-11(6-3-7-12(13)17(19)20)14(18)16-9-10-5-4-8-15-10/h3,6-7,10,15H,2,4-5,8-9H2,1H3,(H,16,18). The monoisotopic (exact) mass is 293 g/mol. The van der Waals surface area contributed by atoms with Crippen LogP contribution in [0.3, 0.4) is 0 Å². The first-order chi connectivity index (χ1) is 10.1. The Labute approximate surface area is 122 Å². The van der Waals surface area contributed by atoms with Gasteiger partial charge < -0.3 is 15.4 Å². The molecule has 0 saturated carbocycles. The molecule has 1 aromatic rings. The molecule has 0 spiro atoms. The lowest BCUT2D eigenvalue weighted by molar-refractivity contribution is -0.385. The molecule has 7 heteroatoms. The molecular formula is C14H19N3O4. The van der Waals surface area contributed by atoms with Crippen LogP contribution in [0.4, 0.5) is 5.69 Å². The Morgan fingerprint density at radius 3 is 3.00 bits per heavy atom. The largest absolute Gasteiger partial charge is 0.487 e. The van der Waals surface area contributed by atoms with Crippen LogP contribution in [0.15, 0.2) is 18.2 Å². The van der Waals surface area contributed by atoms with Crippen molar-refractivity contribution in [3.8, 4) is 5.75 Å². The van der Waals surface area contributed by atoms with Gasteiger partial charge in [0.15, 0.2) is 0 Å². The lowest BCUT2D eigenvalue weighted by atomic mass is 10.1. The maximum absolute atomic E-state index is 12.2. The molecule has 1 fully saturated rings. The van der Waals surface area contributed by atoms with E-state index in [2.05, 4.69) is 10.6 Å². The van der Waals surface area contributed by atoms with Gasteiger partial charge >= 0.3 is 5.69 Å². The molecule has 1 aliphatic rings. The van der Waals surface area contributed by atoms with Crippen LogP contribution in [-0.4, -0.2) is 36.6 Å². The number of rotatable bonds is 6. The quantitative estimate of drug-likeness (QED) is 0.612. The zero-order valence-corrected chi connectivity index (χ0v) is 11.9. The molecule has 2 N–H and O–H groups in total. The number of nitrogens with one attached hydrogen (secondary N) is 2. The van der Waals surface area contributed by atoms with Gasteiger partial charge in [0.1, 0.15) is 0 Å². The van der Waals surface area contributed by atoms with Gasteiger partial charge in [0.25, 0.3) is 5.91 Å². The third kappa shape index (κ3) is 3.69. The molecule has 0 aromatic heterocycles. The highest BCUT2D eigenvalue weighted by Crippen LogP contribution is 2.30. The summed E-state index contributed by atoms with van der Waals surface area (Å²) < 4.78 is 5.30. The number of benzene rings is 1. The second kappa shape index (κ2) is 7.03. The molecule has 0 bridgehead atoms. The Morgan fingerprint density at radius 1 is 1.57 bits per heavy atom. The van der Waals surface area contributed by atoms with E-state index in [-0.39, 0.29) is 35.6 Å². The molecular weight excluding hydrogens is 274 g/mol. The predicted octanol–water partition coefficient (Wildman–Crippen LogP) is 1.48. The summed E-state index contributed by atoms with van der Waals surface area (Å²) in [5.41, 5.74) is 0.00698. The number of nitrogens with zero attached hydrogens (tertiary/aromatic N) is 1. The van der Waals surface area contributed by atoms with Crippen molar-refractivity contribution in [1.29, 1.82) is 0 Å². The van der Waals surface area contributed by atoms with Crippen LogP contribution in [0.5, 0.6) is 5.75 Å². The lowest BCUT2D eigenvalue weighted by Gasteiger charge is -2.13. The van der Waals surface area contributed by atoms with E-state index in [4.69, 9.17) is 4.74 Å². The average Bonchev–Trinajstić information content (AvgIpc) is 2.98. The number of nitro benzene ring substituents is 1. The fourth-order valence-corrected chi connectivity index (χ4v) is 2.39. The average molecular weight is 293 g/mol. The molecule has 1 heterocycles. The minimum atomic E-state index is -0.541. The first kappa shape index (κ1) is 15.2. The van der Waals surface area contributed by atoms with Crippen molar-refractivity contribution >= 4 is 11.6 Å². The fourth-order valence-electron chi connectivity index (χ4n) is 2.39. The van der Waals surface area contributed by atoms with Crippen LogP contribution in [0.1, 0.15) is 30.1 Å². The van der Waals surface area contributed by atoms with E-state index in [1.807, 2.05) is 0 Å². The van der Waals surface area contributed by atoms with Crippen molar-refractivity contribution in [2.45, 2.75) is 25.8 Å². The van der Waals surface area contributed by atoms with Crippen LogP contribution in [0.25, 0.3) is 0 Å². The number of amides is 1. The summed E-state index contributed by atoms with van der Waals surface area (Å²) in [6.07, 6.45) is 2.12. The van der Waals surface area contributed by atoms with E-state index in [1.54, 1.807) is 6.92 Å². The van der Waals surface area contributed by atoms with Gasteiger partial charge in [-0.2, -0.15) is 0 Å². The molecule has 1 saturated heterocycles. The van der Waals surface area contributed by atoms with Gasteiger partial charge in [-0.3, -0.25) is 14.9 Å². The van der Waals surface area contributed by atoms with Crippen molar-refractivity contribution in [2.24, 2.45) is 0 Å². The molecule has 0 aliphatic carbocycles. The topological polar surface area (TPSA) is 93.5 Å². The maximum Gasteiger partial charge on any atom is 0.311 e.